The Hall–Kier alpha value is -3.64. The number of nitrogens with zero attached hydrogens (tertiary/aromatic N) is 2. The van der Waals surface area contributed by atoms with Gasteiger partial charge < -0.3 is 15.5 Å². The first kappa shape index (κ1) is 23.5. The fraction of sp³-hybridized carbons (Fsp3) is 0.286. The summed E-state index contributed by atoms with van der Waals surface area (Å²) in [6.45, 7) is 3.95. The molecule has 0 fully saturated rings. The van der Waals surface area contributed by atoms with Crippen LogP contribution in [-0.2, 0) is 22.6 Å². The number of para-hydroxylation sites is 1. The summed E-state index contributed by atoms with van der Waals surface area (Å²) in [5.41, 5.74) is 6.48. The van der Waals surface area contributed by atoms with Crippen molar-refractivity contribution in [2.24, 2.45) is 0 Å². The average molecular weight is 457 g/mol. The Morgan fingerprint density at radius 2 is 1.59 bits per heavy atom. The zero-order chi connectivity index (χ0) is 24.1. The smallest absolute Gasteiger partial charge is 0.313 e. The fourth-order valence-corrected chi connectivity index (χ4v) is 4.40. The van der Waals surface area contributed by atoms with Gasteiger partial charge in [0.1, 0.15) is 0 Å². The highest BCUT2D eigenvalue weighted by Gasteiger charge is 2.26. The zero-order valence-corrected chi connectivity index (χ0v) is 20.0. The maximum absolute atomic E-state index is 12.7. The summed E-state index contributed by atoms with van der Waals surface area (Å²) in [5, 5.41) is 5.59. The van der Waals surface area contributed by atoms with Crippen LogP contribution in [0.5, 0.6) is 0 Å². The Kier molecular flexibility index (Phi) is 7.28. The molecule has 0 aliphatic carbocycles. The van der Waals surface area contributed by atoms with E-state index in [1.807, 2.05) is 39.2 Å². The number of carbonyl (C=O) groups is 2. The molecule has 2 N–H and O–H groups in total. The third-order valence-electron chi connectivity index (χ3n) is 6.45. The van der Waals surface area contributed by atoms with E-state index in [0.29, 0.717) is 12.2 Å². The molecule has 6 heteroatoms. The van der Waals surface area contributed by atoms with Crippen molar-refractivity contribution in [1.29, 1.82) is 0 Å². The van der Waals surface area contributed by atoms with Crippen LogP contribution in [0, 0.1) is 6.92 Å². The lowest BCUT2D eigenvalue weighted by Crippen LogP contribution is -2.43. The average Bonchev–Trinajstić information content (AvgIpc) is 2.85. The summed E-state index contributed by atoms with van der Waals surface area (Å²) >= 11 is 0. The summed E-state index contributed by atoms with van der Waals surface area (Å²) in [6.07, 6.45) is 0.962. The number of benzene rings is 3. The number of aryl methyl sites for hydroxylation is 1. The van der Waals surface area contributed by atoms with E-state index in [-0.39, 0.29) is 6.04 Å². The van der Waals surface area contributed by atoms with E-state index in [4.69, 9.17) is 0 Å². The molecule has 1 aliphatic rings. The number of nitrogens with one attached hydrogen (secondary N) is 2. The van der Waals surface area contributed by atoms with Crippen molar-refractivity contribution >= 4 is 23.2 Å². The van der Waals surface area contributed by atoms with Crippen molar-refractivity contribution in [2.45, 2.75) is 25.9 Å². The highest BCUT2D eigenvalue weighted by Crippen LogP contribution is 2.28. The summed E-state index contributed by atoms with van der Waals surface area (Å²) < 4.78 is 0. The van der Waals surface area contributed by atoms with Gasteiger partial charge in [-0.25, -0.2) is 0 Å². The number of carbonyl (C=O) groups excluding carboxylic acids is 2. The van der Waals surface area contributed by atoms with E-state index in [9.17, 15) is 9.59 Å². The number of amides is 2. The minimum absolute atomic E-state index is 0.0419. The lowest BCUT2D eigenvalue weighted by molar-refractivity contribution is -0.136. The molecule has 1 atom stereocenters. The van der Waals surface area contributed by atoms with Crippen LogP contribution < -0.4 is 15.5 Å². The highest BCUT2D eigenvalue weighted by molar-refractivity contribution is 6.39. The van der Waals surface area contributed by atoms with Gasteiger partial charge in [0, 0.05) is 45.1 Å². The van der Waals surface area contributed by atoms with Crippen molar-refractivity contribution in [3.05, 3.63) is 95.1 Å². The molecular formula is C28H32N4O2. The summed E-state index contributed by atoms with van der Waals surface area (Å²) in [7, 11) is 4.03. The van der Waals surface area contributed by atoms with Crippen LogP contribution in [0.25, 0.3) is 0 Å². The van der Waals surface area contributed by atoms with Crippen LogP contribution >= 0.6 is 0 Å². The van der Waals surface area contributed by atoms with Gasteiger partial charge in [-0.3, -0.25) is 14.5 Å². The molecule has 0 bridgehead atoms. The van der Waals surface area contributed by atoms with Gasteiger partial charge in [-0.2, -0.15) is 0 Å². The van der Waals surface area contributed by atoms with Crippen LogP contribution in [0.3, 0.4) is 0 Å². The molecule has 4 rings (SSSR count). The number of anilines is 2. The number of hydrogen-bond acceptors (Lipinski definition) is 4. The third kappa shape index (κ3) is 5.46. The van der Waals surface area contributed by atoms with Crippen molar-refractivity contribution in [3.8, 4) is 0 Å². The van der Waals surface area contributed by atoms with Gasteiger partial charge in [0.05, 0.1) is 6.04 Å². The van der Waals surface area contributed by atoms with E-state index in [1.165, 1.54) is 11.1 Å². The van der Waals surface area contributed by atoms with Crippen LogP contribution in [-0.4, -0.2) is 43.9 Å². The normalized spacial score (nSPS) is 14.1. The largest absolute Gasteiger partial charge is 0.378 e. The Bertz CT molecular complexity index is 1160. The van der Waals surface area contributed by atoms with Gasteiger partial charge in [0.25, 0.3) is 0 Å². The monoisotopic (exact) mass is 456 g/mol. The molecule has 0 aromatic heterocycles. The van der Waals surface area contributed by atoms with Crippen LogP contribution in [0.15, 0.2) is 72.8 Å². The topological polar surface area (TPSA) is 64.7 Å². The minimum atomic E-state index is -0.653. The molecule has 3 aromatic carbocycles. The minimum Gasteiger partial charge on any atom is -0.378 e. The van der Waals surface area contributed by atoms with Crippen LogP contribution in [0.2, 0.25) is 0 Å². The molecule has 34 heavy (non-hydrogen) atoms. The Morgan fingerprint density at radius 3 is 2.29 bits per heavy atom. The maximum atomic E-state index is 12.7. The predicted molar refractivity (Wildman–Crippen MR) is 137 cm³/mol. The number of fused-ring (bicyclic) bond motifs is 1. The van der Waals surface area contributed by atoms with Crippen molar-refractivity contribution < 1.29 is 9.59 Å². The molecular weight excluding hydrogens is 424 g/mol. The van der Waals surface area contributed by atoms with Gasteiger partial charge in [0.15, 0.2) is 0 Å². The molecule has 176 valence electrons. The summed E-state index contributed by atoms with van der Waals surface area (Å²) in [6, 6.07) is 24.3. The van der Waals surface area contributed by atoms with Gasteiger partial charge in [-0.05, 0) is 53.8 Å². The van der Waals surface area contributed by atoms with Gasteiger partial charge >= 0.3 is 11.8 Å². The molecule has 3 aromatic rings. The second kappa shape index (κ2) is 10.5. The highest BCUT2D eigenvalue weighted by atomic mass is 16.2. The van der Waals surface area contributed by atoms with Crippen LogP contribution in [0.4, 0.5) is 11.4 Å². The molecule has 0 spiro atoms. The van der Waals surface area contributed by atoms with Gasteiger partial charge in [0.2, 0.25) is 0 Å². The standard InChI is InChI=1S/C28H32N4O2/c1-20-8-4-7-11-25(20)30-28(34)27(33)29-18-26(22-12-14-24(15-13-22)31(2)3)32-17-16-21-9-5-6-10-23(21)19-32/h4-15,26H,16-19H2,1-3H3,(H,29,33)(H,30,34). The maximum Gasteiger partial charge on any atom is 0.313 e. The first-order chi connectivity index (χ1) is 16.4. The predicted octanol–water partition coefficient (Wildman–Crippen LogP) is 3.92. The molecule has 0 saturated heterocycles. The number of rotatable bonds is 6. The Balaban J connectivity index is 1.49. The SMILES string of the molecule is Cc1ccccc1NC(=O)C(=O)NCC(c1ccc(N(C)C)cc1)N1CCc2ccccc2C1. The van der Waals surface area contributed by atoms with E-state index < -0.39 is 11.8 Å². The van der Waals surface area contributed by atoms with E-state index in [0.717, 1.165) is 36.3 Å². The molecule has 2 amide bonds. The van der Waals surface area contributed by atoms with E-state index >= 15 is 0 Å². The Labute approximate surface area is 201 Å². The van der Waals surface area contributed by atoms with E-state index in [1.54, 1.807) is 6.07 Å². The lowest BCUT2D eigenvalue weighted by Gasteiger charge is -2.36. The quantitative estimate of drug-likeness (QED) is 0.552. The van der Waals surface area contributed by atoms with Crippen molar-refractivity contribution in [2.75, 3.05) is 37.4 Å². The molecule has 0 radical (unpaired) electrons. The van der Waals surface area contributed by atoms with E-state index in [2.05, 4.69) is 69.0 Å². The van der Waals surface area contributed by atoms with Gasteiger partial charge in [-0.1, -0.05) is 54.6 Å². The second-order valence-electron chi connectivity index (χ2n) is 8.97. The molecule has 0 saturated carbocycles. The molecule has 1 heterocycles. The fourth-order valence-electron chi connectivity index (χ4n) is 4.40. The lowest BCUT2D eigenvalue weighted by atomic mass is 9.96. The summed E-state index contributed by atoms with van der Waals surface area (Å²) in [5.74, 6) is -1.28. The first-order valence-corrected chi connectivity index (χ1v) is 11.7. The zero-order valence-electron chi connectivity index (χ0n) is 20.0. The molecule has 1 aliphatic heterocycles. The number of hydrogen-bond donors (Lipinski definition) is 2. The third-order valence-corrected chi connectivity index (χ3v) is 6.45. The van der Waals surface area contributed by atoms with Crippen LogP contribution in [0.1, 0.15) is 28.3 Å². The Morgan fingerprint density at radius 1 is 0.912 bits per heavy atom. The molecule has 6 nitrogen and oxygen atoms in total. The van der Waals surface area contributed by atoms with Crippen molar-refractivity contribution in [1.82, 2.24) is 10.2 Å². The second-order valence-corrected chi connectivity index (χ2v) is 8.97. The summed E-state index contributed by atoms with van der Waals surface area (Å²) in [4.78, 5) is 29.6. The van der Waals surface area contributed by atoms with Gasteiger partial charge in [-0.15, -0.1) is 0 Å². The first-order valence-electron chi connectivity index (χ1n) is 11.7. The van der Waals surface area contributed by atoms with Crippen molar-refractivity contribution in [3.63, 3.8) is 0 Å². The molecule has 1 unspecified atom stereocenters.